The molecule has 4 heteroatoms. The molecule has 104 valence electrons. The molecule has 4 N–H and O–H groups in total. The van der Waals surface area contributed by atoms with Gasteiger partial charge in [-0.2, -0.15) is 0 Å². The van der Waals surface area contributed by atoms with Gasteiger partial charge in [0.05, 0.1) is 0 Å². The third-order valence-electron chi connectivity index (χ3n) is 5.36. The van der Waals surface area contributed by atoms with Crippen LogP contribution in [0.2, 0.25) is 0 Å². The highest BCUT2D eigenvalue weighted by Crippen LogP contribution is 2.66. The Kier molecular flexibility index (Phi) is 3.92. The fourth-order valence-electron chi connectivity index (χ4n) is 5.54. The van der Waals surface area contributed by atoms with Crippen LogP contribution in [-0.4, -0.2) is 23.3 Å². The Hall–Kier alpha value is 0.620. The van der Waals surface area contributed by atoms with Crippen molar-refractivity contribution < 1.29 is 0 Å². The van der Waals surface area contributed by atoms with Crippen LogP contribution in [0.4, 0.5) is 0 Å². The minimum Gasteiger partial charge on any atom is -0.322 e. The van der Waals surface area contributed by atoms with E-state index in [2.05, 4.69) is 0 Å². The lowest BCUT2D eigenvalue weighted by molar-refractivity contribution is -0.0870. The van der Waals surface area contributed by atoms with Crippen LogP contribution in [0.3, 0.4) is 0 Å². The van der Waals surface area contributed by atoms with Crippen LogP contribution < -0.4 is 11.5 Å². The fourth-order valence-corrected chi connectivity index (χ4v) is 7.32. The normalized spacial score (nSPS) is 45.7. The summed E-state index contributed by atoms with van der Waals surface area (Å²) in [6.07, 6.45) is 8.95. The molecule has 4 aliphatic rings. The molecule has 0 aromatic heterocycles. The molecule has 4 saturated carbocycles. The summed E-state index contributed by atoms with van der Waals surface area (Å²) in [4.78, 5) is 0. The molecule has 2 nitrogen and oxygen atoms in total. The summed E-state index contributed by atoms with van der Waals surface area (Å²) in [5.41, 5.74) is 12.7. The standard InChI is InChI=1S/C14H26N2S2/c15-9-17-7-13-2-11-1-12(4-13)5-14(3-11,6-13)8-18-10-16/h11-12H,1-10,15-16H2. The van der Waals surface area contributed by atoms with Gasteiger partial charge in [0.25, 0.3) is 0 Å². The molecule has 0 heterocycles. The lowest BCUT2D eigenvalue weighted by atomic mass is 9.45. The van der Waals surface area contributed by atoms with Crippen molar-refractivity contribution in [1.29, 1.82) is 0 Å². The van der Waals surface area contributed by atoms with Gasteiger partial charge >= 0.3 is 0 Å². The van der Waals surface area contributed by atoms with E-state index in [1.54, 1.807) is 0 Å². The summed E-state index contributed by atoms with van der Waals surface area (Å²) < 4.78 is 0. The first-order valence-corrected chi connectivity index (χ1v) is 9.56. The smallest absolute Gasteiger partial charge is 0.0392 e. The van der Waals surface area contributed by atoms with E-state index in [9.17, 15) is 0 Å². The van der Waals surface area contributed by atoms with Gasteiger partial charge in [0.1, 0.15) is 0 Å². The molecule has 4 fully saturated rings. The Morgan fingerprint density at radius 3 is 1.67 bits per heavy atom. The minimum absolute atomic E-state index is 0.642. The number of thioether (sulfide) groups is 2. The average molecular weight is 287 g/mol. The molecule has 0 spiro atoms. The van der Waals surface area contributed by atoms with Crippen LogP contribution in [-0.2, 0) is 0 Å². The average Bonchev–Trinajstić information content (AvgIpc) is 2.32. The SMILES string of the molecule is NCSCC12CC3CC(C1)CC(CSCN)(C3)C2. The maximum Gasteiger partial charge on any atom is 0.0392 e. The highest BCUT2D eigenvalue weighted by molar-refractivity contribution is 7.99. The van der Waals surface area contributed by atoms with Crippen LogP contribution in [0.5, 0.6) is 0 Å². The first-order chi connectivity index (χ1) is 8.69. The molecular formula is C14H26N2S2. The molecule has 4 rings (SSSR count). The van der Waals surface area contributed by atoms with Crippen LogP contribution in [0.15, 0.2) is 0 Å². The van der Waals surface area contributed by atoms with Crippen molar-refractivity contribution in [1.82, 2.24) is 0 Å². The lowest BCUT2D eigenvalue weighted by Gasteiger charge is -2.62. The molecule has 0 aromatic carbocycles. The second kappa shape index (κ2) is 5.19. The molecule has 4 aliphatic carbocycles. The van der Waals surface area contributed by atoms with E-state index in [0.717, 1.165) is 23.6 Å². The molecule has 0 aliphatic heterocycles. The van der Waals surface area contributed by atoms with Crippen LogP contribution in [0, 0.1) is 22.7 Å². The number of nitrogens with two attached hydrogens (primary N) is 2. The Morgan fingerprint density at radius 2 is 1.28 bits per heavy atom. The Labute approximate surface area is 119 Å². The highest BCUT2D eigenvalue weighted by Gasteiger charge is 2.56. The lowest BCUT2D eigenvalue weighted by Crippen LogP contribution is -2.54. The van der Waals surface area contributed by atoms with E-state index in [1.165, 1.54) is 50.0 Å². The Morgan fingerprint density at radius 1 is 0.833 bits per heavy atom. The molecular weight excluding hydrogens is 260 g/mol. The maximum atomic E-state index is 5.71. The molecule has 0 radical (unpaired) electrons. The number of hydrogen-bond donors (Lipinski definition) is 2. The summed E-state index contributed by atoms with van der Waals surface area (Å²) >= 11 is 3.93. The largest absolute Gasteiger partial charge is 0.322 e. The molecule has 18 heavy (non-hydrogen) atoms. The van der Waals surface area contributed by atoms with E-state index in [4.69, 9.17) is 11.5 Å². The second-order valence-corrected chi connectivity index (χ2v) is 9.05. The molecule has 0 amide bonds. The van der Waals surface area contributed by atoms with Crippen molar-refractivity contribution in [2.24, 2.45) is 34.1 Å². The first kappa shape index (κ1) is 13.6. The van der Waals surface area contributed by atoms with Crippen molar-refractivity contribution in [3.8, 4) is 0 Å². The van der Waals surface area contributed by atoms with Gasteiger partial charge in [-0.25, -0.2) is 0 Å². The van der Waals surface area contributed by atoms with Gasteiger partial charge in [0, 0.05) is 23.3 Å². The summed E-state index contributed by atoms with van der Waals surface area (Å²) in [5.74, 6) is 6.24. The van der Waals surface area contributed by atoms with E-state index in [-0.39, 0.29) is 0 Å². The molecule has 0 saturated heterocycles. The third-order valence-corrected chi connectivity index (χ3v) is 7.46. The third kappa shape index (κ3) is 2.46. The minimum atomic E-state index is 0.642. The van der Waals surface area contributed by atoms with Gasteiger partial charge in [-0.15, -0.1) is 23.5 Å². The number of rotatable bonds is 6. The van der Waals surface area contributed by atoms with E-state index in [0.29, 0.717) is 10.8 Å². The highest BCUT2D eigenvalue weighted by atomic mass is 32.2. The van der Waals surface area contributed by atoms with Gasteiger partial charge in [-0.3, -0.25) is 0 Å². The Bertz CT molecular complexity index is 268. The van der Waals surface area contributed by atoms with Crippen molar-refractivity contribution in [2.75, 3.05) is 23.3 Å². The van der Waals surface area contributed by atoms with Crippen molar-refractivity contribution in [2.45, 2.75) is 38.5 Å². The first-order valence-electron chi connectivity index (χ1n) is 7.25. The van der Waals surface area contributed by atoms with Crippen LogP contribution in [0.1, 0.15) is 38.5 Å². The summed E-state index contributed by atoms with van der Waals surface area (Å²) in [6.45, 7) is 0. The summed E-state index contributed by atoms with van der Waals surface area (Å²) in [7, 11) is 0. The Balaban J connectivity index is 1.75. The van der Waals surface area contributed by atoms with E-state index in [1.807, 2.05) is 23.5 Å². The predicted octanol–water partition coefficient (Wildman–Crippen LogP) is 2.87. The van der Waals surface area contributed by atoms with Gasteiger partial charge in [0.2, 0.25) is 0 Å². The topological polar surface area (TPSA) is 52.0 Å². The maximum absolute atomic E-state index is 5.71. The van der Waals surface area contributed by atoms with E-state index < -0.39 is 0 Å². The quantitative estimate of drug-likeness (QED) is 0.737. The second-order valence-electron chi connectivity index (χ2n) is 6.99. The van der Waals surface area contributed by atoms with Gasteiger partial charge in [0.15, 0.2) is 0 Å². The van der Waals surface area contributed by atoms with E-state index >= 15 is 0 Å². The van der Waals surface area contributed by atoms with Crippen molar-refractivity contribution in [3.63, 3.8) is 0 Å². The van der Waals surface area contributed by atoms with Crippen LogP contribution >= 0.6 is 23.5 Å². The molecule has 4 bridgehead atoms. The van der Waals surface area contributed by atoms with Gasteiger partial charge in [-0.1, -0.05) is 0 Å². The molecule has 0 aromatic rings. The monoisotopic (exact) mass is 286 g/mol. The number of hydrogen-bond acceptors (Lipinski definition) is 4. The van der Waals surface area contributed by atoms with Gasteiger partial charge in [-0.05, 0) is 61.2 Å². The zero-order valence-corrected chi connectivity index (χ0v) is 12.8. The van der Waals surface area contributed by atoms with Crippen molar-refractivity contribution >= 4 is 23.5 Å². The molecule has 0 unspecified atom stereocenters. The molecule has 0 atom stereocenters. The van der Waals surface area contributed by atoms with Gasteiger partial charge < -0.3 is 11.5 Å². The predicted molar refractivity (Wildman–Crippen MR) is 82.6 cm³/mol. The zero-order chi connectivity index (χ0) is 12.6. The fraction of sp³-hybridized carbons (Fsp3) is 1.00. The van der Waals surface area contributed by atoms with Crippen LogP contribution in [0.25, 0.3) is 0 Å². The zero-order valence-electron chi connectivity index (χ0n) is 11.2. The summed E-state index contributed by atoms with van der Waals surface area (Å²) in [5, 5.41) is 0. The van der Waals surface area contributed by atoms with Crippen molar-refractivity contribution in [3.05, 3.63) is 0 Å². The summed E-state index contributed by atoms with van der Waals surface area (Å²) in [6, 6.07) is 0.